The first-order valence-corrected chi connectivity index (χ1v) is 7.33. The second-order valence-corrected chi connectivity index (χ2v) is 5.16. The van der Waals surface area contributed by atoms with Crippen molar-refractivity contribution in [3.8, 4) is 5.69 Å². The normalized spacial score (nSPS) is 10.2. The molecule has 3 rings (SSSR count). The standard InChI is InChI=1S/C18H16N4O2/c19-17(23)13-3-5-14(6-4-13)20-18(24)21-15-7-9-16(10-8-15)22-11-1-2-12-22/h1-12H,(H2,19,23)(H2,20,21,24). The third kappa shape index (κ3) is 3.61. The Kier molecular flexibility index (Phi) is 4.29. The average Bonchev–Trinajstić information content (AvgIpc) is 3.10. The summed E-state index contributed by atoms with van der Waals surface area (Å²) in [4.78, 5) is 23.0. The van der Waals surface area contributed by atoms with E-state index in [1.54, 1.807) is 24.3 Å². The Balaban J connectivity index is 1.61. The van der Waals surface area contributed by atoms with Crippen LogP contribution in [-0.4, -0.2) is 16.5 Å². The number of benzene rings is 2. The van der Waals surface area contributed by atoms with Crippen molar-refractivity contribution < 1.29 is 9.59 Å². The Morgan fingerprint density at radius 2 is 1.29 bits per heavy atom. The molecule has 0 spiro atoms. The van der Waals surface area contributed by atoms with Crippen LogP contribution in [0.4, 0.5) is 16.2 Å². The van der Waals surface area contributed by atoms with E-state index in [0.717, 1.165) is 5.69 Å². The van der Waals surface area contributed by atoms with Crippen molar-refractivity contribution >= 4 is 23.3 Å². The first kappa shape index (κ1) is 15.4. The molecule has 0 saturated heterocycles. The Bertz CT molecular complexity index is 838. The van der Waals surface area contributed by atoms with Gasteiger partial charge in [-0.2, -0.15) is 0 Å². The van der Waals surface area contributed by atoms with Crippen molar-refractivity contribution in [2.24, 2.45) is 5.73 Å². The molecule has 0 bridgehead atoms. The maximum Gasteiger partial charge on any atom is 0.323 e. The number of nitrogens with one attached hydrogen (secondary N) is 2. The van der Waals surface area contributed by atoms with E-state index in [1.165, 1.54) is 0 Å². The van der Waals surface area contributed by atoms with Crippen LogP contribution in [0.15, 0.2) is 73.1 Å². The molecule has 1 heterocycles. The van der Waals surface area contributed by atoms with Crippen molar-refractivity contribution in [3.63, 3.8) is 0 Å². The maximum absolute atomic E-state index is 12.0. The van der Waals surface area contributed by atoms with Crippen LogP contribution < -0.4 is 16.4 Å². The number of nitrogens with two attached hydrogens (primary N) is 1. The predicted molar refractivity (Wildman–Crippen MR) is 93.4 cm³/mol. The lowest BCUT2D eigenvalue weighted by Gasteiger charge is -2.09. The van der Waals surface area contributed by atoms with Gasteiger partial charge >= 0.3 is 6.03 Å². The molecule has 3 aromatic rings. The van der Waals surface area contributed by atoms with Gasteiger partial charge in [-0.15, -0.1) is 0 Å². The van der Waals surface area contributed by atoms with Gasteiger partial charge in [-0.3, -0.25) is 4.79 Å². The molecule has 0 aliphatic heterocycles. The van der Waals surface area contributed by atoms with E-state index >= 15 is 0 Å². The zero-order valence-electron chi connectivity index (χ0n) is 12.8. The van der Waals surface area contributed by atoms with Crippen LogP contribution in [0.2, 0.25) is 0 Å². The Morgan fingerprint density at radius 3 is 1.79 bits per heavy atom. The minimum atomic E-state index is -0.506. The fourth-order valence-electron chi connectivity index (χ4n) is 2.23. The minimum Gasteiger partial charge on any atom is -0.366 e. The smallest absolute Gasteiger partial charge is 0.323 e. The van der Waals surface area contributed by atoms with Crippen LogP contribution in [0.25, 0.3) is 5.69 Å². The summed E-state index contributed by atoms with van der Waals surface area (Å²) >= 11 is 0. The molecular weight excluding hydrogens is 304 g/mol. The molecule has 24 heavy (non-hydrogen) atoms. The summed E-state index contributed by atoms with van der Waals surface area (Å²) in [5.41, 5.74) is 7.82. The Morgan fingerprint density at radius 1 is 0.792 bits per heavy atom. The fraction of sp³-hybridized carbons (Fsp3) is 0. The van der Waals surface area contributed by atoms with Crippen LogP contribution in [0, 0.1) is 0 Å². The van der Waals surface area contributed by atoms with Gasteiger partial charge in [-0.05, 0) is 60.7 Å². The van der Waals surface area contributed by atoms with E-state index in [1.807, 2.05) is 53.4 Å². The number of nitrogens with zero attached hydrogens (tertiary/aromatic N) is 1. The summed E-state index contributed by atoms with van der Waals surface area (Å²) in [6, 6.07) is 17.4. The van der Waals surface area contributed by atoms with Crippen LogP contribution in [0.5, 0.6) is 0 Å². The highest BCUT2D eigenvalue weighted by atomic mass is 16.2. The molecule has 0 fully saturated rings. The first-order valence-electron chi connectivity index (χ1n) is 7.33. The zero-order chi connectivity index (χ0) is 16.9. The molecule has 0 radical (unpaired) electrons. The molecule has 0 saturated carbocycles. The van der Waals surface area contributed by atoms with Crippen LogP contribution in [-0.2, 0) is 0 Å². The van der Waals surface area contributed by atoms with Gasteiger partial charge in [0.1, 0.15) is 0 Å². The van der Waals surface area contributed by atoms with Gasteiger partial charge in [0.05, 0.1) is 0 Å². The topological polar surface area (TPSA) is 89.2 Å². The average molecular weight is 320 g/mol. The van der Waals surface area contributed by atoms with Gasteiger partial charge in [-0.1, -0.05) is 0 Å². The van der Waals surface area contributed by atoms with Crippen LogP contribution in [0.1, 0.15) is 10.4 Å². The van der Waals surface area contributed by atoms with Crippen molar-refractivity contribution in [1.29, 1.82) is 0 Å². The SMILES string of the molecule is NC(=O)c1ccc(NC(=O)Nc2ccc(-n3cccc3)cc2)cc1. The number of aromatic nitrogens is 1. The van der Waals surface area contributed by atoms with E-state index < -0.39 is 5.91 Å². The third-order valence-electron chi connectivity index (χ3n) is 3.46. The van der Waals surface area contributed by atoms with Gasteiger partial charge < -0.3 is 20.9 Å². The van der Waals surface area contributed by atoms with Crippen molar-refractivity contribution in [1.82, 2.24) is 4.57 Å². The summed E-state index contributed by atoms with van der Waals surface area (Å²) < 4.78 is 1.98. The fourth-order valence-corrected chi connectivity index (χ4v) is 2.23. The second kappa shape index (κ2) is 6.70. The molecule has 0 unspecified atom stereocenters. The van der Waals surface area contributed by atoms with E-state index in [9.17, 15) is 9.59 Å². The van der Waals surface area contributed by atoms with E-state index in [-0.39, 0.29) is 6.03 Å². The van der Waals surface area contributed by atoms with Gasteiger partial charge in [-0.25, -0.2) is 4.79 Å². The highest BCUT2D eigenvalue weighted by molar-refractivity contribution is 6.00. The van der Waals surface area contributed by atoms with Gasteiger partial charge in [0.15, 0.2) is 0 Å². The summed E-state index contributed by atoms with van der Waals surface area (Å²) in [6.07, 6.45) is 3.90. The van der Waals surface area contributed by atoms with Gasteiger partial charge in [0.25, 0.3) is 0 Å². The molecule has 120 valence electrons. The molecule has 3 amide bonds. The van der Waals surface area contributed by atoms with Crippen molar-refractivity contribution in [3.05, 3.63) is 78.6 Å². The van der Waals surface area contributed by atoms with Crippen molar-refractivity contribution in [2.45, 2.75) is 0 Å². The number of rotatable bonds is 4. The van der Waals surface area contributed by atoms with Gasteiger partial charge in [0, 0.05) is 35.0 Å². The minimum absolute atomic E-state index is 0.365. The van der Waals surface area contributed by atoms with Crippen molar-refractivity contribution in [2.75, 3.05) is 10.6 Å². The molecule has 0 aliphatic rings. The molecule has 1 aromatic heterocycles. The lowest BCUT2D eigenvalue weighted by molar-refractivity contribution is 0.100. The Labute approximate surface area is 138 Å². The van der Waals surface area contributed by atoms with Crippen LogP contribution >= 0.6 is 0 Å². The molecule has 6 nitrogen and oxygen atoms in total. The number of urea groups is 1. The van der Waals surface area contributed by atoms with E-state index in [4.69, 9.17) is 5.73 Å². The molecule has 4 N–H and O–H groups in total. The second-order valence-electron chi connectivity index (χ2n) is 5.16. The highest BCUT2D eigenvalue weighted by Crippen LogP contribution is 2.14. The molecule has 6 heteroatoms. The van der Waals surface area contributed by atoms with E-state index in [2.05, 4.69) is 10.6 Å². The highest BCUT2D eigenvalue weighted by Gasteiger charge is 2.04. The zero-order valence-corrected chi connectivity index (χ0v) is 12.8. The summed E-state index contributed by atoms with van der Waals surface area (Å²) in [5, 5.41) is 5.44. The first-order chi connectivity index (χ1) is 11.6. The molecular formula is C18H16N4O2. The third-order valence-corrected chi connectivity index (χ3v) is 3.46. The number of anilines is 2. The summed E-state index contributed by atoms with van der Waals surface area (Å²) in [7, 11) is 0. The molecule has 0 atom stereocenters. The predicted octanol–water partition coefficient (Wildman–Crippen LogP) is 3.22. The summed E-state index contributed by atoms with van der Waals surface area (Å²) in [6.45, 7) is 0. The van der Waals surface area contributed by atoms with E-state index in [0.29, 0.717) is 16.9 Å². The molecule has 2 aromatic carbocycles. The monoisotopic (exact) mass is 320 g/mol. The quantitative estimate of drug-likeness (QED) is 0.689. The Hall–Kier alpha value is -3.54. The number of carbonyl (C=O) groups excluding carboxylic acids is 2. The van der Waals surface area contributed by atoms with Crippen LogP contribution in [0.3, 0.4) is 0 Å². The summed E-state index contributed by atoms with van der Waals surface area (Å²) in [5.74, 6) is -0.506. The maximum atomic E-state index is 12.0. The largest absolute Gasteiger partial charge is 0.366 e. The lowest BCUT2D eigenvalue weighted by atomic mass is 10.2. The number of hydrogen-bond donors (Lipinski definition) is 3. The molecule has 0 aliphatic carbocycles. The number of amides is 3. The van der Waals surface area contributed by atoms with Gasteiger partial charge in [0.2, 0.25) is 5.91 Å². The number of hydrogen-bond acceptors (Lipinski definition) is 2. The number of primary amides is 1. The number of carbonyl (C=O) groups is 2. The lowest BCUT2D eigenvalue weighted by Crippen LogP contribution is -2.19.